The molecule has 0 amide bonds. The van der Waals surface area contributed by atoms with E-state index in [9.17, 15) is 5.11 Å². The molecule has 1 aliphatic carbocycles. The van der Waals surface area contributed by atoms with E-state index in [1.165, 1.54) is 12.8 Å². The van der Waals surface area contributed by atoms with E-state index >= 15 is 0 Å². The quantitative estimate of drug-likeness (QED) is 0.815. The fraction of sp³-hybridized carbons (Fsp3) is 0.571. The maximum atomic E-state index is 9.60. The molecule has 1 aromatic rings. The molecule has 0 spiro atoms. The predicted octanol–water partition coefficient (Wildman–Crippen LogP) is 3.55. The van der Waals surface area contributed by atoms with Gasteiger partial charge in [-0.1, -0.05) is 19.9 Å². The number of benzene rings is 1. The van der Waals surface area contributed by atoms with E-state index in [-0.39, 0.29) is 0 Å². The average molecular weight is 219 g/mol. The zero-order valence-corrected chi connectivity index (χ0v) is 10.3. The molecule has 0 bridgehead atoms. The number of nitrogens with one attached hydrogen (secondary N) is 1. The molecular weight excluding hydrogens is 198 g/mol. The van der Waals surface area contributed by atoms with Crippen LogP contribution in [-0.4, -0.2) is 11.1 Å². The summed E-state index contributed by atoms with van der Waals surface area (Å²) in [6.45, 7) is 6.49. The van der Waals surface area contributed by atoms with Gasteiger partial charge in [0.25, 0.3) is 0 Å². The third-order valence-corrected chi connectivity index (χ3v) is 3.70. The normalized spacial score (nSPS) is 24.2. The van der Waals surface area contributed by atoms with Gasteiger partial charge in [-0.3, -0.25) is 0 Å². The maximum absolute atomic E-state index is 9.60. The maximum Gasteiger partial charge on any atom is 0.120 e. The summed E-state index contributed by atoms with van der Waals surface area (Å²) < 4.78 is 0. The minimum Gasteiger partial charge on any atom is -0.508 e. The van der Waals surface area contributed by atoms with Crippen LogP contribution in [0.4, 0.5) is 5.69 Å². The summed E-state index contributed by atoms with van der Waals surface area (Å²) in [6.07, 6.45) is 2.51. The number of rotatable bonds is 3. The molecule has 2 N–H and O–H groups in total. The highest BCUT2D eigenvalue weighted by Gasteiger charge is 2.30. The largest absolute Gasteiger partial charge is 0.508 e. The van der Waals surface area contributed by atoms with Gasteiger partial charge in [0, 0.05) is 17.8 Å². The summed E-state index contributed by atoms with van der Waals surface area (Å²) in [5.41, 5.74) is 1.97. The number of anilines is 1. The Morgan fingerprint density at radius 3 is 2.56 bits per heavy atom. The molecule has 0 atom stereocenters. The molecule has 1 aliphatic rings. The van der Waals surface area contributed by atoms with Crippen LogP contribution in [-0.2, 0) is 0 Å². The smallest absolute Gasteiger partial charge is 0.120 e. The van der Waals surface area contributed by atoms with Gasteiger partial charge in [0.15, 0.2) is 0 Å². The number of aromatic hydroxyl groups is 1. The van der Waals surface area contributed by atoms with Crippen LogP contribution in [0.25, 0.3) is 0 Å². The second-order valence-electron chi connectivity index (χ2n) is 5.32. The highest BCUT2D eigenvalue weighted by atomic mass is 16.3. The number of aryl methyl sites for hydroxylation is 1. The van der Waals surface area contributed by atoms with E-state index in [1.54, 1.807) is 0 Å². The van der Waals surface area contributed by atoms with E-state index in [0.717, 1.165) is 23.1 Å². The van der Waals surface area contributed by atoms with Crippen LogP contribution in [0.3, 0.4) is 0 Å². The summed E-state index contributed by atoms with van der Waals surface area (Å²) >= 11 is 0. The number of phenolic OH excluding ortho intramolecular Hbond substituents is 1. The topological polar surface area (TPSA) is 32.3 Å². The Kier molecular flexibility index (Phi) is 3.08. The van der Waals surface area contributed by atoms with Gasteiger partial charge < -0.3 is 10.4 Å². The monoisotopic (exact) mass is 219 g/mol. The molecule has 0 radical (unpaired) electrons. The molecule has 88 valence electrons. The fourth-order valence-corrected chi connectivity index (χ4v) is 2.26. The Labute approximate surface area is 97.7 Å². The molecule has 0 aliphatic heterocycles. The Morgan fingerprint density at radius 2 is 2.00 bits per heavy atom. The van der Waals surface area contributed by atoms with E-state index < -0.39 is 0 Å². The molecule has 2 heteroatoms. The minimum atomic E-state index is 0.379. The van der Waals surface area contributed by atoms with Crippen LogP contribution < -0.4 is 5.32 Å². The lowest BCUT2D eigenvalue weighted by atomic mass is 9.73. The summed E-state index contributed by atoms with van der Waals surface area (Å²) in [5, 5.41) is 13.1. The average Bonchev–Trinajstić information content (AvgIpc) is 2.15. The number of phenols is 1. The van der Waals surface area contributed by atoms with E-state index in [4.69, 9.17) is 0 Å². The minimum absolute atomic E-state index is 0.379. The van der Waals surface area contributed by atoms with Gasteiger partial charge in [0.05, 0.1) is 0 Å². The van der Waals surface area contributed by atoms with E-state index in [2.05, 4.69) is 19.2 Å². The van der Waals surface area contributed by atoms with Crippen molar-refractivity contribution in [3.8, 4) is 5.75 Å². The summed E-state index contributed by atoms with van der Waals surface area (Å²) in [6, 6.07) is 6.40. The second kappa shape index (κ2) is 4.36. The zero-order valence-electron chi connectivity index (χ0n) is 10.3. The van der Waals surface area contributed by atoms with Gasteiger partial charge in [0.2, 0.25) is 0 Å². The van der Waals surface area contributed by atoms with Crippen molar-refractivity contribution in [3.05, 3.63) is 23.8 Å². The van der Waals surface area contributed by atoms with Crippen LogP contribution in [0.1, 0.15) is 32.3 Å². The van der Waals surface area contributed by atoms with Crippen molar-refractivity contribution in [3.63, 3.8) is 0 Å². The van der Waals surface area contributed by atoms with Crippen molar-refractivity contribution in [2.24, 2.45) is 11.8 Å². The lowest BCUT2D eigenvalue weighted by Crippen LogP contribution is -2.37. The lowest BCUT2D eigenvalue weighted by Gasteiger charge is -2.39. The third-order valence-electron chi connectivity index (χ3n) is 3.70. The van der Waals surface area contributed by atoms with E-state index in [0.29, 0.717) is 11.8 Å². The van der Waals surface area contributed by atoms with Crippen LogP contribution >= 0.6 is 0 Å². The van der Waals surface area contributed by atoms with Gasteiger partial charge in [-0.2, -0.15) is 0 Å². The number of hydrogen-bond acceptors (Lipinski definition) is 2. The Hall–Kier alpha value is -1.18. The summed E-state index contributed by atoms with van der Waals surface area (Å²) in [5.74, 6) is 2.05. The van der Waals surface area contributed by atoms with Gasteiger partial charge >= 0.3 is 0 Å². The molecule has 0 saturated heterocycles. The molecule has 0 unspecified atom stereocenters. The fourth-order valence-electron chi connectivity index (χ4n) is 2.26. The van der Waals surface area contributed by atoms with Crippen molar-refractivity contribution in [2.45, 2.75) is 39.7 Å². The van der Waals surface area contributed by atoms with Gasteiger partial charge in [0.1, 0.15) is 5.75 Å². The highest BCUT2D eigenvalue weighted by molar-refractivity contribution is 5.51. The summed E-state index contributed by atoms with van der Waals surface area (Å²) in [7, 11) is 0. The first kappa shape index (κ1) is 11.3. The SMILES string of the molecule is Cc1ccc(NC2CC(C(C)C)C2)cc1O. The molecule has 1 fully saturated rings. The van der Waals surface area contributed by atoms with Crippen molar-refractivity contribution in [2.75, 3.05) is 5.32 Å². The van der Waals surface area contributed by atoms with Gasteiger partial charge in [-0.15, -0.1) is 0 Å². The van der Waals surface area contributed by atoms with Crippen LogP contribution in [0, 0.1) is 18.8 Å². The first-order valence-corrected chi connectivity index (χ1v) is 6.12. The van der Waals surface area contributed by atoms with Crippen molar-refractivity contribution < 1.29 is 5.11 Å². The first-order valence-electron chi connectivity index (χ1n) is 6.12. The van der Waals surface area contributed by atoms with Gasteiger partial charge in [-0.05, 0) is 43.2 Å². The lowest BCUT2D eigenvalue weighted by molar-refractivity contribution is 0.212. The van der Waals surface area contributed by atoms with Gasteiger partial charge in [-0.25, -0.2) is 0 Å². The van der Waals surface area contributed by atoms with Crippen molar-refractivity contribution in [1.82, 2.24) is 0 Å². The summed E-state index contributed by atoms with van der Waals surface area (Å²) in [4.78, 5) is 0. The molecule has 0 aromatic heterocycles. The van der Waals surface area contributed by atoms with Crippen LogP contribution in [0.15, 0.2) is 18.2 Å². The molecular formula is C14H21NO. The molecule has 1 aromatic carbocycles. The molecule has 2 rings (SSSR count). The third kappa shape index (κ3) is 2.31. The molecule has 2 nitrogen and oxygen atoms in total. The van der Waals surface area contributed by atoms with Crippen molar-refractivity contribution >= 4 is 5.69 Å². The predicted molar refractivity (Wildman–Crippen MR) is 67.8 cm³/mol. The molecule has 0 heterocycles. The Balaban J connectivity index is 1.89. The zero-order chi connectivity index (χ0) is 11.7. The second-order valence-corrected chi connectivity index (χ2v) is 5.32. The molecule has 1 saturated carbocycles. The van der Waals surface area contributed by atoms with Crippen molar-refractivity contribution in [1.29, 1.82) is 0 Å². The van der Waals surface area contributed by atoms with E-state index in [1.807, 2.05) is 25.1 Å². The Bertz CT molecular complexity index is 367. The van der Waals surface area contributed by atoms with Crippen LogP contribution in [0.2, 0.25) is 0 Å². The first-order chi connectivity index (χ1) is 7.56. The Morgan fingerprint density at radius 1 is 1.31 bits per heavy atom. The highest BCUT2D eigenvalue weighted by Crippen LogP contribution is 2.36. The van der Waals surface area contributed by atoms with Crippen LogP contribution in [0.5, 0.6) is 5.75 Å². The molecule has 16 heavy (non-hydrogen) atoms. The standard InChI is InChI=1S/C14H21NO/c1-9(2)11-6-13(7-11)15-12-5-4-10(3)14(16)8-12/h4-5,8-9,11,13,15-16H,6-7H2,1-3H3. The number of hydrogen-bond donors (Lipinski definition) is 2.